The van der Waals surface area contributed by atoms with E-state index >= 15 is 0 Å². The molecule has 3 N–H and O–H groups in total. The predicted molar refractivity (Wildman–Crippen MR) is 103 cm³/mol. The molecule has 0 saturated carbocycles. The largest absolute Gasteiger partial charge is 0.480 e. The number of aromatic nitrogens is 2. The Morgan fingerprint density at radius 2 is 1.68 bits per heavy atom. The number of fused-ring (bicyclic) bond motifs is 1. The molecule has 2 heterocycles. The highest BCUT2D eigenvalue weighted by Gasteiger charge is 2.36. The molecule has 28 heavy (non-hydrogen) atoms. The van der Waals surface area contributed by atoms with Crippen molar-refractivity contribution in [3.05, 3.63) is 89.5 Å². The van der Waals surface area contributed by atoms with E-state index in [4.69, 9.17) is 0 Å². The van der Waals surface area contributed by atoms with Crippen LogP contribution in [0.15, 0.2) is 67.0 Å². The molecule has 0 aliphatic carbocycles. The van der Waals surface area contributed by atoms with Gasteiger partial charge >= 0.3 is 12.0 Å². The van der Waals surface area contributed by atoms with Crippen molar-refractivity contribution in [2.24, 2.45) is 0 Å². The van der Waals surface area contributed by atoms with Gasteiger partial charge in [0.05, 0.1) is 30.3 Å². The monoisotopic (exact) mass is 376 g/mol. The van der Waals surface area contributed by atoms with Gasteiger partial charge < -0.3 is 20.3 Å². The smallest absolute Gasteiger partial charge is 0.326 e. The first kappa shape index (κ1) is 17.8. The third-order valence-corrected chi connectivity index (χ3v) is 4.98. The first-order valence-corrected chi connectivity index (χ1v) is 9.04. The van der Waals surface area contributed by atoms with Crippen molar-refractivity contribution < 1.29 is 14.7 Å². The summed E-state index contributed by atoms with van der Waals surface area (Å²) in [5.41, 5.74) is 3.31. The summed E-state index contributed by atoms with van der Waals surface area (Å²) in [7, 11) is 0. The average molecular weight is 376 g/mol. The number of rotatable bonds is 4. The highest BCUT2D eigenvalue weighted by Crippen LogP contribution is 2.25. The lowest BCUT2D eigenvalue weighted by Gasteiger charge is -2.34. The molecule has 7 heteroatoms. The van der Waals surface area contributed by atoms with E-state index in [0.29, 0.717) is 5.69 Å². The Morgan fingerprint density at radius 3 is 2.25 bits per heavy atom. The molecule has 1 aliphatic heterocycles. The number of nitrogens with zero attached hydrogens (tertiary/aromatic N) is 2. The number of carboxylic acids is 1. The summed E-state index contributed by atoms with van der Waals surface area (Å²) in [6, 6.07) is 17.5. The minimum Gasteiger partial charge on any atom is -0.480 e. The van der Waals surface area contributed by atoms with Crippen molar-refractivity contribution in [1.29, 1.82) is 0 Å². The first-order valence-electron chi connectivity index (χ1n) is 9.04. The van der Waals surface area contributed by atoms with Crippen LogP contribution in [-0.4, -0.2) is 38.0 Å². The van der Waals surface area contributed by atoms with Gasteiger partial charge in [0.1, 0.15) is 6.04 Å². The summed E-state index contributed by atoms with van der Waals surface area (Å²) in [6.45, 7) is 0.175. The van der Waals surface area contributed by atoms with Crippen molar-refractivity contribution in [3.63, 3.8) is 0 Å². The topological polar surface area (TPSA) is 98.3 Å². The fraction of sp³-hybridized carbons (Fsp3) is 0.190. The first-order chi connectivity index (χ1) is 13.6. The molecule has 2 amide bonds. The molecule has 0 bridgehead atoms. The number of aliphatic carboxylic acids is 1. The number of benzene rings is 2. The molecule has 1 unspecified atom stereocenters. The van der Waals surface area contributed by atoms with Crippen LogP contribution in [0.1, 0.15) is 28.6 Å². The van der Waals surface area contributed by atoms with E-state index < -0.39 is 18.0 Å². The molecule has 0 saturated heterocycles. The minimum atomic E-state index is -1.04. The second-order valence-electron chi connectivity index (χ2n) is 6.72. The molecular formula is C21H20N4O3. The van der Waals surface area contributed by atoms with Crippen molar-refractivity contribution in [2.45, 2.75) is 25.0 Å². The Labute approximate surface area is 162 Å². The maximum Gasteiger partial charge on any atom is 0.326 e. The second-order valence-corrected chi connectivity index (χ2v) is 6.72. The van der Waals surface area contributed by atoms with Crippen LogP contribution in [0, 0.1) is 0 Å². The molecule has 7 nitrogen and oxygen atoms in total. The molecule has 3 aromatic rings. The van der Waals surface area contributed by atoms with Gasteiger partial charge in [-0.2, -0.15) is 0 Å². The molecule has 2 aromatic carbocycles. The Hall–Kier alpha value is -3.61. The maximum absolute atomic E-state index is 13.1. The summed E-state index contributed by atoms with van der Waals surface area (Å²) in [5.74, 6) is -1.04. The number of H-pyrrole nitrogens is 1. The number of aromatic amines is 1. The molecule has 0 spiro atoms. The lowest BCUT2D eigenvalue weighted by Crippen LogP contribution is -2.53. The fourth-order valence-corrected chi connectivity index (χ4v) is 3.53. The molecule has 0 fully saturated rings. The van der Waals surface area contributed by atoms with Crippen LogP contribution in [-0.2, 0) is 17.8 Å². The Bertz CT molecular complexity index is 932. The third kappa shape index (κ3) is 3.46. The Balaban J connectivity index is 1.63. The van der Waals surface area contributed by atoms with Gasteiger partial charge in [-0.05, 0) is 11.1 Å². The highest BCUT2D eigenvalue weighted by molar-refractivity contribution is 5.84. The lowest BCUT2D eigenvalue weighted by molar-refractivity contribution is -0.142. The van der Waals surface area contributed by atoms with Crippen LogP contribution < -0.4 is 5.32 Å². The van der Waals surface area contributed by atoms with Crippen molar-refractivity contribution in [3.8, 4) is 0 Å². The summed E-state index contributed by atoms with van der Waals surface area (Å²) in [6.07, 6.45) is 1.71. The van der Waals surface area contributed by atoms with Crippen molar-refractivity contribution in [2.75, 3.05) is 0 Å². The predicted octanol–water partition coefficient (Wildman–Crippen LogP) is 2.72. The van der Waals surface area contributed by atoms with Crippen LogP contribution in [0.25, 0.3) is 0 Å². The molecular weight excluding hydrogens is 356 g/mol. The van der Waals surface area contributed by atoms with Gasteiger partial charge in [0, 0.05) is 6.42 Å². The van der Waals surface area contributed by atoms with E-state index in [2.05, 4.69) is 15.3 Å². The fourth-order valence-electron chi connectivity index (χ4n) is 3.53. The number of nitrogens with one attached hydrogen (secondary N) is 2. The van der Waals surface area contributed by atoms with Crippen LogP contribution in [0.2, 0.25) is 0 Å². The Kier molecular flexibility index (Phi) is 4.80. The number of amides is 2. The molecule has 142 valence electrons. The zero-order valence-electron chi connectivity index (χ0n) is 15.1. The number of urea groups is 1. The van der Waals surface area contributed by atoms with Gasteiger partial charge in [0.25, 0.3) is 0 Å². The van der Waals surface area contributed by atoms with Crippen molar-refractivity contribution in [1.82, 2.24) is 20.2 Å². The van der Waals surface area contributed by atoms with Crippen LogP contribution in [0.4, 0.5) is 4.79 Å². The zero-order valence-corrected chi connectivity index (χ0v) is 15.1. The second kappa shape index (κ2) is 7.56. The van der Waals surface area contributed by atoms with Crippen LogP contribution in [0.3, 0.4) is 0 Å². The lowest BCUT2D eigenvalue weighted by atomic mass is 9.98. The van der Waals surface area contributed by atoms with Gasteiger partial charge in [-0.25, -0.2) is 14.6 Å². The zero-order chi connectivity index (χ0) is 19.5. The Morgan fingerprint density at radius 1 is 1.07 bits per heavy atom. The van der Waals surface area contributed by atoms with Gasteiger partial charge in [0.2, 0.25) is 0 Å². The third-order valence-electron chi connectivity index (χ3n) is 4.98. The quantitative estimate of drug-likeness (QED) is 0.652. The van der Waals surface area contributed by atoms with E-state index in [-0.39, 0.29) is 19.0 Å². The van der Waals surface area contributed by atoms with Gasteiger partial charge in [-0.1, -0.05) is 60.7 Å². The SMILES string of the molecule is O=C(O)C1Cc2nc[nH]c2CN1C(=O)NC(c1ccccc1)c1ccccc1. The van der Waals surface area contributed by atoms with E-state index in [9.17, 15) is 14.7 Å². The molecule has 4 rings (SSSR count). The van der Waals surface area contributed by atoms with Crippen molar-refractivity contribution >= 4 is 12.0 Å². The minimum absolute atomic E-state index is 0.175. The number of carbonyl (C=O) groups excluding carboxylic acids is 1. The summed E-state index contributed by atoms with van der Waals surface area (Å²) < 4.78 is 0. The van der Waals surface area contributed by atoms with E-state index in [1.165, 1.54) is 11.2 Å². The molecule has 0 radical (unpaired) electrons. The maximum atomic E-state index is 13.1. The van der Waals surface area contributed by atoms with E-state index in [0.717, 1.165) is 16.8 Å². The number of carbonyl (C=O) groups is 2. The number of hydrogen-bond donors (Lipinski definition) is 3. The highest BCUT2D eigenvalue weighted by atomic mass is 16.4. The number of carboxylic acid groups (broad SMARTS) is 1. The molecule has 1 aromatic heterocycles. The summed E-state index contributed by atoms with van der Waals surface area (Å²) in [4.78, 5) is 33.4. The average Bonchev–Trinajstić information content (AvgIpc) is 3.20. The summed E-state index contributed by atoms with van der Waals surface area (Å²) >= 11 is 0. The standard InChI is InChI=1S/C21H20N4O3/c26-20(27)18-11-16-17(23-13-22-16)12-25(18)21(28)24-19(14-7-3-1-4-8-14)15-9-5-2-6-10-15/h1-10,13,18-19H,11-12H2,(H,22,23)(H,24,28)(H,26,27). The van der Waals surface area contributed by atoms with Crippen LogP contribution >= 0.6 is 0 Å². The van der Waals surface area contributed by atoms with Crippen LogP contribution in [0.5, 0.6) is 0 Å². The van der Waals surface area contributed by atoms with Gasteiger partial charge in [0.15, 0.2) is 0 Å². The van der Waals surface area contributed by atoms with E-state index in [1.54, 1.807) is 0 Å². The summed E-state index contributed by atoms with van der Waals surface area (Å²) in [5, 5.41) is 12.6. The van der Waals surface area contributed by atoms with E-state index in [1.807, 2.05) is 60.7 Å². The molecule has 1 atom stereocenters. The number of hydrogen-bond acceptors (Lipinski definition) is 3. The van der Waals surface area contributed by atoms with Gasteiger partial charge in [-0.3, -0.25) is 0 Å². The number of imidazole rings is 1. The molecule has 1 aliphatic rings. The van der Waals surface area contributed by atoms with Gasteiger partial charge in [-0.15, -0.1) is 0 Å². The normalized spacial score (nSPS) is 15.9.